The Morgan fingerprint density at radius 3 is 2.72 bits per heavy atom. The van der Waals surface area contributed by atoms with Gasteiger partial charge in [-0.3, -0.25) is 0 Å². The fourth-order valence-electron chi connectivity index (χ4n) is 1.44. The van der Waals surface area contributed by atoms with Gasteiger partial charge in [0.15, 0.2) is 0 Å². The normalized spacial score (nSPS) is 9.89. The molecule has 18 heavy (non-hydrogen) atoms. The van der Waals surface area contributed by atoms with Crippen LogP contribution < -0.4 is 10.6 Å². The van der Waals surface area contributed by atoms with E-state index >= 15 is 0 Å². The van der Waals surface area contributed by atoms with Crippen LogP contribution in [0.1, 0.15) is 15.9 Å². The number of carbonyl (C=O) groups excluding carboxylic acids is 1. The molecule has 1 rings (SSSR count). The number of urea groups is 1. The van der Waals surface area contributed by atoms with E-state index in [4.69, 9.17) is 5.11 Å². The van der Waals surface area contributed by atoms with Crippen molar-refractivity contribution >= 4 is 29.4 Å². The first-order chi connectivity index (χ1) is 8.56. The van der Waals surface area contributed by atoms with Gasteiger partial charge in [-0.05, 0) is 30.9 Å². The van der Waals surface area contributed by atoms with E-state index in [2.05, 4.69) is 10.6 Å². The lowest BCUT2D eigenvalue weighted by Gasteiger charge is -2.11. The van der Waals surface area contributed by atoms with E-state index < -0.39 is 5.97 Å². The maximum Gasteiger partial charge on any atom is 0.336 e. The molecule has 98 valence electrons. The largest absolute Gasteiger partial charge is 0.478 e. The van der Waals surface area contributed by atoms with Gasteiger partial charge in [-0.25, -0.2) is 9.59 Å². The minimum absolute atomic E-state index is 0.192. The Labute approximate surface area is 110 Å². The molecule has 6 heteroatoms. The Hall–Kier alpha value is -1.69. The molecule has 0 saturated carbocycles. The predicted octanol–water partition coefficient (Wildman–Crippen LogP) is 2.18. The molecule has 0 aliphatic carbocycles. The summed E-state index contributed by atoms with van der Waals surface area (Å²) in [5.41, 5.74) is 1.25. The topological polar surface area (TPSA) is 78.4 Å². The molecule has 0 bridgehead atoms. The number of benzene rings is 1. The quantitative estimate of drug-likeness (QED) is 0.715. The molecular weight excluding hydrogens is 252 g/mol. The minimum Gasteiger partial charge on any atom is -0.478 e. The molecule has 1 aromatic carbocycles. The third kappa shape index (κ3) is 3.96. The third-order valence-corrected chi connectivity index (χ3v) is 3.02. The molecule has 2 amide bonds. The first-order valence-electron chi connectivity index (χ1n) is 5.43. The van der Waals surface area contributed by atoms with Crippen LogP contribution in [0, 0.1) is 6.92 Å². The lowest BCUT2D eigenvalue weighted by atomic mass is 10.1. The molecule has 3 N–H and O–H groups in total. The second kappa shape index (κ2) is 6.90. The summed E-state index contributed by atoms with van der Waals surface area (Å²) in [6.07, 6.45) is 1.96. The van der Waals surface area contributed by atoms with Crippen LogP contribution in [0.15, 0.2) is 18.2 Å². The van der Waals surface area contributed by atoms with Crippen LogP contribution >= 0.6 is 11.8 Å². The number of carboxylic acids is 1. The number of amides is 2. The van der Waals surface area contributed by atoms with Crippen LogP contribution in [-0.2, 0) is 0 Å². The van der Waals surface area contributed by atoms with E-state index in [1.807, 2.05) is 6.26 Å². The lowest BCUT2D eigenvalue weighted by molar-refractivity contribution is 0.0696. The van der Waals surface area contributed by atoms with Gasteiger partial charge < -0.3 is 15.7 Å². The van der Waals surface area contributed by atoms with Crippen LogP contribution in [0.5, 0.6) is 0 Å². The van der Waals surface area contributed by atoms with E-state index in [9.17, 15) is 9.59 Å². The molecule has 0 heterocycles. The molecule has 0 spiro atoms. The van der Waals surface area contributed by atoms with Crippen molar-refractivity contribution in [2.45, 2.75) is 6.92 Å². The molecule has 0 atom stereocenters. The van der Waals surface area contributed by atoms with Gasteiger partial charge in [0.2, 0.25) is 0 Å². The summed E-state index contributed by atoms with van der Waals surface area (Å²) in [5.74, 6) is -0.166. The van der Waals surface area contributed by atoms with Gasteiger partial charge >= 0.3 is 12.0 Å². The van der Waals surface area contributed by atoms with Crippen molar-refractivity contribution in [3.63, 3.8) is 0 Å². The molecule has 1 aromatic rings. The second-order valence-electron chi connectivity index (χ2n) is 3.66. The van der Waals surface area contributed by atoms with E-state index in [1.165, 1.54) is 6.07 Å². The van der Waals surface area contributed by atoms with E-state index in [1.54, 1.807) is 30.8 Å². The summed E-state index contributed by atoms with van der Waals surface area (Å²) in [6, 6.07) is 4.47. The lowest BCUT2D eigenvalue weighted by Crippen LogP contribution is -2.30. The van der Waals surface area contributed by atoms with Crippen molar-refractivity contribution in [2.24, 2.45) is 0 Å². The first kappa shape index (κ1) is 14.4. The zero-order chi connectivity index (χ0) is 13.5. The van der Waals surface area contributed by atoms with E-state index in [0.29, 0.717) is 17.8 Å². The standard InChI is InChI=1S/C12H16N2O3S/c1-8-9(11(15)16)4-3-5-10(8)14-12(17)13-6-7-18-2/h3-5H,6-7H2,1-2H3,(H,15,16)(H2,13,14,17). The summed E-state index contributed by atoms with van der Waals surface area (Å²) in [6.45, 7) is 2.24. The average Bonchev–Trinajstić information content (AvgIpc) is 2.32. The molecule has 0 aliphatic rings. The number of nitrogens with one attached hydrogen (secondary N) is 2. The molecule has 0 unspecified atom stereocenters. The van der Waals surface area contributed by atoms with Crippen molar-refractivity contribution in [2.75, 3.05) is 23.9 Å². The molecule has 0 aromatic heterocycles. The number of thioether (sulfide) groups is 1. The number of carboxylic acid groups (broad SMARTS) is 1. The summed E-state index contributed by atoms with van der Waals surface area (Å²) >= 11 is 1.64. The Morgan fingerprint density at radius 1 is 1.39 bits per heavy atom. The van der Waals surface area contributed by atoms with Gasteiger partial charge in [0.1, 0.15) is 0 Å². The van der Waals surface area contributed by atoms with Gasteiger partial charge in [-0.15, -0.1) is 0 Å². The number of aromatic carboxylic acids is 1. The zero-order valence-electron chi connectivity index (χ0n) is 10.3. The second-order valence-corrected chi connectivity index (χ2v) is 4.64. The zero-order valence-corrected chi connectivity index (χ0v) is 11.1. The summed E-state index contributed by atoms with van der Waals surface area (Å²) < 4.78 is 0. The van der Waals surface area contributed by atoms with Crippen molar-refractivity contribution in [3.8, 4) is 0 Å². The maximum atomic E-state index is 11.5. The summed E-state index contributed by atoms with van der Waals surface area (Å²) in [5, 5.41) is 14.3. The number of rotatable bonds is 5. The van der Waals surface area contributed by atoms with Crippen LogP contribution in [0.4, 0.5) is 10.5 Å². The highest BCUT2D eigenvalue weighted by Gasteiger charge is 2.11. The molecule has 0 radical (unpaired) electrons. The van der Waals surface area contributed by atoms with Gasteiger partial charge in [-0.1, -0.05) is 6.07 Å². The SMILES string of the molecule is CSCCNC(=O)Nc1cccc(C(=O)O)c1C. The first-order valence-corrected chi connectivity index (χ1v) is 6.82. The van der Waals surface area contributed by atoms with Crippen molar-refractivity contribution < 1.29 is 14.7 Å². The Morgan fingerprint density at radius 2 is 2.11 bits per heavy atom. The van der Waals surface area contributed by atoms with E-state index in [-0.39, 0.29) is 11.6 Å². The molecule has 0 fully saturated rings. The van der Waals surface area contributed by atoms with Crippen LogP contribution in [0.2, 0.25) is 0 Å². The van der Waals surface area contributed by atoms with Crippen molar-refractivity contribution in [3.05, 3.63) is 29.3 Å². The van der Waals surface area contributed by atoms with Gasteiger partial charge in [0.05, 0.1) is 5.56 Å². The highest BCUT2D eigenvalue weighted by molar-refractivity contribution is 7.98. The molecular formula is C12H16N2O3S. The number of hydrogen-bond donors (Lipinski definition) is 3. The minimum atomic E-state index is -1.00. The fourth-order valence-corrected chi connectivity index (χ4v) is 1.74. The summed E-state index contributed by atoms with van der Waals surface area (Å²) in [7, 11) is 0. The van der Waals surface area contributed by atoms with Crippen LogP contribution in [0.3, 0.4) is 0 Å². The molecule has 0 saturated heterocycles. The van der Waals surface area contributed by atoms with Gasteiger partial charge in [-0.2, -0.15) is 11.8 Å². The summed E-state index contributed by atoms with van der Waals surface area (Å²) in [4.78, 5) is 22.5. The highest BCUT2D eigenvalue weighted by atomic mass is 32.2. The molecule has 5 nitrogen and oxygen atoms in total. The number of carbonyl (C=O) groups is 2. The van der Waals surface area contributed by atoms with Crippen LogP contribution in [0.25, 0.3) is 0 Å². The highest BCUT2D eigenvalue weighted by Crippen LogP contribution is 2.18. The third-order valence-electron chi connectivity index (χ3n) is 2.40. The average molecular weight is 268 g/mol. The van der Waals surface area contributed by atoms with Crippen molar-refractivity contribution in [1.82, 2.24) is 5.32 Å². The number of hydrogen-bond acceptors (Lipinski definition) is 3. The fraction of sp³-hybridized carbons (Fsp3) is 0.333. The Kier molecular flexibility index (Phi) is 5.51. The monoisotopic (exact) mass is 268 g/mol. The van der Waals surface area contributed by atoms with Gasteiger partial charge in [0, 0.05) is 18.0 Å². The van der Waals surface area contributed by atoms with Crippen molar-refractivity contribution in [1.29, 1.82) is 0 Å². The van der Waals surface area contributed by atoms with E-state index in [0.717, 1.165) is 5.75 Å². The Bertz CT molecular complexity index is 449. The van der Waals surface area contributed by atoms with Crippen LogP contribution in [-0.4, -0.2) is 35.7 Å². The number of anilines is 1. The maximum absolute atomic E-state index is 11.5. The smallest absolute Gasteiger partial charge is 0.336 e. The predicted molar refractivity (Wildman–Crippen MR) is 73.5 cm³/mol. The van der Waals surface area contributed by atoms with Gasteiger partial charge in [0.25, 0.3) is 0 Å². The Balaban J connectivity index is 2.70. The molecule has 0 aliphatic heterocycles.